The third-order valence-corrected chi connectivity index (χ3v) is 1.53. The van der Waals surface area contributed by atoms with Gasteiger partial charge in [-0.15, -0.1) is 0 Å². The Morgan fingerprint density at radius 1 is 1.31 bits per heavy atom. The summed E-state index contributed by atoms with van der Waals surface area (Å²) in [6.45, 7) is 0. The summed E-state index contributed by atoms with van der Waals surface area (Å²) in [5.41, 5.74) is 0.403. The molecule has 1 heterocycles. The maximum Gasteiger partial charge on any atom is 0.490 e. The molecule has 0 spiro atoms. The quantitative estimate of drug-likeness (QED) is 0.520. The van der Waals surface area contributed by atoms with Crippen LogP contribution >= 0.6 is 0 Å². The second kappa shape index (κ2) is 4.81. The maximum absolute atomic E-state index is 8.76. The van der Waals surface area contributed by atoms with Crippen molar-refractivity contribution in [3.8, 4) is 0 Å². The molecule has 0 saturated heterocycles. The van der Waals surface area contributed by atoms with Gasteiger partial charge in [-0.3, -0.25) is 0 Å². The van der Waals surface area contributed by atoms with E-state index in [9.17, 15) is 0 Å². The Labute approximate surface area is 77.1 Å². The molecule has 1 aromatic heterocycles. The molecule has 13 heavy (non-hydrogen) atoms. The minimum atomic E-state index is -1.44. The van der Waals surface area contributed by atoms with Crippen LogP contribution < -0.4 is 10.4 Å². The van der Waals surface area contributed by atoms with Crippen LogP contribution in [0.4, 0.5) is 5.82 Å². The van der Waals surface area contributed by atoms with Crippen molar-refractivity contribution < 1.29 is 15.5 Å². The third-order valence-electron chi connectivity index (χ3n) is 1.53. The van der Waals surface area contributed by atoms with Gasteiger partial charge in [0.25, 0.3) is 0 Å². The predicted octanol–water partition coefficient (Wildman–Crippen LogP) is -2.00. The summed E-state index contributed by atoms with van der Waals surface area (Å²) in [6, 6.07) is 3.36. The lowest BCUT2D eigenvalue weighted by atomic mass is 9.82. The Kier molecular flexibility index (Phi) is 4.40. The predicted molar refractivity (Wildman–Crippen MR) is 52.0 cm³/mol. The highest BCUT2D eigenvalue weighted by molar-refractivity contribution is 6.58. The lowest BCUT2D eigenvalue weighted by molar-refractivity contribution is 0.425. The molecule has 0 aromatic carbocycles. The van der Waals surface area contributed by atoms with Crippen LogP contribution in [-0.4, -0.2) is 41.7 Å². The first kappa shape index (κ1) is 11.9. The molecule has 0 bridgehead atoms. The van der Waals surface area contributed by atoms with Crippen molar-refractivity contribution in [2.75, 3.05) is 19.0 Å². The van der Waals surface area contributed by atoms with Gasteiger partial charge in [-0.2, -0.15) is 0 Å². The second-order valence-electron chi connectivity index (χ2n) is 2.72. The standard InChI is InChI=1S/C7H11BN2O2.H2O/c1-10(2)7-4-3-6(5-9-7)8(11)12;/h3-5,11-12H,1-2H3;1H2. The van der Waals surface area contributed by atoms with Crippen LogP contribution in [-0.2, 0) is 0 Å². The molecule has 5 nitrogen and oxygen atoms in total. The first-order valence-corrected chi connectivity index (χ1v) is 3.60. The first-order valence-electron chi connectivity index (χ1n) is 3.60. The van der Waals surface area contributed by atoms with Gasteiger partial charge in [0.2, 0.25) is 0 Å². The highest BCUT2D eigenvalue weighted by Crippen LogP contribution is 2.01. The van der Waals surface area contributed by atoms with Crippen molar-refractivity contribution in [3.63, 3.8) is 0 Å². The number of aromatic nitrogens is 1. The number of rotatable bonds is 2. The van der Waals surface area contributed by atoms with Crippen molar-refractivity contribution in [2.45, 2.75) is 0 Å². The van der Waals surface area contributed by atoms with Crippen LogP contribution in [0, 0.1) is 0 Å². The van der Waals surface area contributed by atoms with E-state index in [0.717, 1.165) is 5.82 Å². The third kappa shape index (κ3) is 3.02. The summed E-state index contributed by atoms with van der Waals surface area (Å²) < 4.78 is 0. The summed E-state index contributed by atoms with van der Waals surface area (Å²) in [7, 11) is 2.31. The van der Waals surface area contributed by atoms with Crippen LogP contribution in [0.25, 0.3) is 0 Å². The van der Waals surface area contributed by atoms with Gasteiger partial charge in [-0.1, -0.05) is 6.07 Å². The summed E-state index contributed by atoms with van der Waals surface area (Å²) >= 11 is 0. The molecule has 0 atom stereocenters. The Morgan fingerprint density at radius 3 is 2.23 bits per heavy atom. The number of pyridine rings is 1. The molecule has 1 rings (SSSR count). The van der Waals surface area contributed by atoms with Gasteiger partial charge in [-0.25, -0.2) is 4.98 Å². The molecule has 0 radical (unpaired) electrons. The molecule has 0 aliphatic carbocycles. The minimum Gasteiger partial charge on any atom is -0.423 e. The van der Waals surface area contributed by atoms with E-state index in [2.05, 4.69) is 4.98 Å². The van der Waals surface area contributed by atoms with Gasteiger partial charge >= 0.3 is 7.12 Å². The van der Waals surface area contributed by atoms with E-state index in [0.29, 0.717) is 5.46 Å². The first-order chi connectivity index (χ1) is 5.61. The largest absolute Gasteiger partial charge is 0.490 e. The number of nitrogens with zero attached hydrogens (tertiary/aromatic N) is 2. The molecular formula is C7H13BN2O3. The smallest absolute Gasteiger partial charge is 0.423 e. The molecule has 0 fully saturated rings. The maximum atomic E-state index is 8.76. The van der Waals surface area contributed by atoms with Crippen LogP contribution in [0.2, 0.25) is 0 Å². The van der Waals surface area contributed by atoms with Crippen molar-refractivity contribution in [1.29, 1.82) is 0 Å². The molecule has 0 unspecified atom stereocenters. The highest BCUT2D eigenvalue weighted by Gasteiger charge is 2.10. The van der Waals surface area contributed by atoms with Crippen LogP contribution in [0.1, 0.15) is 0 Å². The van der Waals surface area contributed by atoms with Crippen molar-refractivity contribution in [1.82, 2.24) is 4.98 Å². The zero-order chi connectivity index (χ0) is 9.14. The zero-order valence-electron chi connectivity index (χ0n) is 7.60. The molecular weight excluding hydrogens is 171 g/mol. The fourth-order valence-corrected chi connectivity index (χ4v) is 0.815. The van der Waals surface area contributed by atoms with E-state index in [1.54, 1.807) is 12.1 Å². The van der Waals surface area contributed by atoms with Crippen molar-refractivity contribution >= 4 is 18.4 Å². The molecule has 0 aliphatic heterocycles. The lowest BCUT2D eigenvalue weighted by Crippen LogP contribution is -2.30. The molecule has 0 amide bonds. The Morgan fingerprint density at radius 2 is 1.92 bits per heavy atom. The van der Waals surface area contributed by atoms with Gasteiger partial charge in [0.15, 0.2) is 0 Å². The number of hydrogen-bond donors (Lipinski definition) is 2. The topological polar surface area (TPSA) is 88.1 Å². The Balaban J connectivity index is 0.00000144. The fraction of sp³-hybridized carbons (Fsp3) is 0.286. The van der Waals surface area contributed by atoms with Gasteiger partial charge < -0.3 is 20.4 Å². The fourth-order valence-electron chi connectivity index (χ4n) is 0.815. The summed E-state index contributed by atoms with van der Waals surface area (Å²) in [4.78, 5) is 5.85. The molecule has 4 N–H and O–H groups in total. The number of anilines is 1. The molecule has 0 saturated carbocycles. The van der Waals surface area contributed by atoms with Gasteiger partial charge in [-0.05, 0) is 6.07 Å². The lowest BCUT2D eigenvalue weighted by Gasteiger charge is -2.10. The van der Waals surface area contributed by atoms with Crippen LogP contribution in [0.15, 0.2) is 18.3 Å². The summed E-state index contributed by atoms with van der Waals surface area (Å²) in [6.07, 6.45) is 1.44. The number of hydrogen-bond acceptors (Lipinski definition) is 4. The molecule has 1 aromatic rings. The average molecular weight is 184 g/mol. The second-order valence-corrected chi connectivity index (χ2v) is 2.72. The average Bonchev–Trinajstić information content (AvgIpc) is 2.04. The Hall–Kier alpha value is -1.11. The SMILES string of the molecule is CN(C)c1ccc(B(O)O)cn1.O. The zero-order valence-corrected chi connectivity index (χ0v) is 7.60. The van der Waals surface area contributed by atoms with Gasteiger partial charge in [0.1, 0.15) is 5.82 Å². The highest BCUT2D eigenvalue weighted by atomic mass is 16.4. The van der Waals surface area contributed by atoms with E-state index in [4.69, 9.17) is 10.0 Å². The van der Waals surface area contributed by atoms with E-state index in [1.165, 1.54) is 6.20 Å². The Bertz CT molecular complexity index is 223. The van der Waals surface area contributed by atoms with Gasteiger partial charge in [0, 0.05) is 25.8 Å². The molecule has 6 heteroatoms. The minimum absolute atomic E-state index is 0. The van der Waals surface area contributed by atoms with E-state index in [-0.39, 0.29) is 5.48 Å². The summed E-state index contributed by atoms with van der Waals surface area (Å²) in [5.74, 6) is 0.791. The molecule has 72 valence electrons. The van der Waals surface area contributed by atoms with E-state index >= 15 is 0 Å². The summed E-state index contributed by atoms with van der Waals surface area (Å²) in [5, 5.41) is 17.5. The van der Waals surface area contributed by atoms with Crippen molar-refractivity contribution in [3.05, 3.63) is 18.3 Å². The molecule has 0 aliphatic rings. The van der Waals surface area contributed by atoms with Crippen molar-refractivity contribution in [2.24, 2.45) is 0 Å². The van der Waals surface area contributed by atoms with Gasteiger partial charge in [0.05, 0.1) is 0 Å². The van der Waals surface area contributed by atoms with E-state index < -0.39 is 7.12 Å². The normalized spacial score (nSPS) is 8.92. The van der Waals surface area contributed by atoms with Crippen LogP contribution in [0.3, 0.4) is 0 Å². The monoisotopic (exact) mass is 184 g/mol. The van der Waals surface area contributed by atoms with Crippen LogP contribution in [0.5, 0.6) is 0 Å². The van der Waals surface area contributed by atoms with E-state index in [1.807, 2.05) is 19.0 Å².